The Labute approximate surface area is 139 Å². The molecule has 0 heterocycles. The molecule has 1 rings (SSSR count). The molecule has 0 amide bonds. The fourth-order valence-electron chi connectivity index (χ4n) is 3.01. The van der Waals surface area contributed by atoms with Crippen LogP contribution in [0.5, 0.6) is 0 Å². The van der Waals surface area contributed by atoms with E-state index in [2.05, 4.69) is 6.92 Å². The lowest BCUT2D eigenvalue weighted by atomic mass is 9.97. The predicted molar refractivity (Wildman–Crippen MR) is 95.8 cm³/mol. The van der Waals surface area contributed by atoms with Crippen LogP contribution in [-0.4, -0.2) is 5.78 Å². The molecule has 0 spiro atoms. The van der Waals surface area contributed by atoms with Crippen molar-refractivity contribution in [3.05, 3.63) is 31.6 Å². The molecular formula is C21H35O. The third-order valence-corrected chi connectivity index (χ3v) is 4.49. The number of carbonyl (C=O) groups is 1. The third kappa shape index (κ3) is 10.4. The topological polar surface area (TPSA) is 17.1 Å². The van der Waals surface area contributed by atoms with Crippen molar-refractivity contribution in [3.8, 4) is 0 Å². The number of unbranched alkanes of at least 4 members (excludes halogenated alkanes) is 12. The Morgan fingerprint density at radius 1 is 0.682 bits per heavy atom. The van der Waals surface area contributed by atoms with Gasteiger partial charge in [0.1, 0.15) is 5.78 Å². The molecule has 1 fully saturated rings. The quantitative estimate of drug-likeness (QED) is 0.318. The Bertz CT molecular complexity index is 253. The number of carbonyl (C=O) groups excluding carboxylic acids is 1. The summed E-state index contributed by atoms with van der Waals surface area (Å²) in [5, 5.41) is 0. The van der Waals surface area contributed by atoms with Crippen LogP contribution < -0.4 is 0 Å². The van der Waals surface area contributed by atoms with Gasteiger partial charge < -0.3 is 0 Å². The van der Waals surface area contributed by atoms with E-state index in [0.717, 1.165) is 18.8 Å². The van der Waals surface area contributed by atoms with Gasteiger partial charge in [-0.2, -0.15) is 0 Å². The van der Waals surface area contributed by atoms with Gasteiger partial charge in [0.15, 0.2) is 0 Å². The molecule has 0 N–H and O–H groups in total. The zero-order valence-corrected chi connectivity index (χ0v) is 14.6. The molecule has 0 saturated heterocycles. The molecule has 0 aromatic carbocycles. The summed E-state index contributed by atoms with van der Waals surface area (Å²) in [5.74, 6) is 1.20. The van der Waals surface area contributed by atoms with Crippen LogP contribution in [0.15, 0.2) is 0 Å². The fourth-order valence-corrected chi connectivity index (χ4v) is 3.01. The van der Waals surface area contributed by atoms with Crippen molar-refractivity contribution in [1.82, 2.24) is 0 Å². The van der Waals surface area contributed by atoms with Crippen molar-refractivity contribution in [1.29, 1.82) is 0 Å². The Balaban J connectivity index is 1.73. The highest BCUT2D eigenvalue weighted by molar-refractivity contribution is 5.97. The Kier molecular flexibility index (Phi) is 12.8. The predicted octanol–water partition coefficient (Wildman–Crippen LogP) is 6.44. The summed E-state index contributed by atoms with van der Waals surface area (Å²) >= 11 is 0. The molecule has 0 aromatic rings. The fraction of sp³-hybridized carbons (Fsp3) is 0.714. The zero-order chi connectivity index (χ0) is 15.9. The smallest absolute Gasteiger partial charge is 0.140 e. The standard InChI is InChI=1S/C21H35O/c1-2-3-4-5-6-7-8-9-10-11-12-13-14-19-21(22)20-17-15-16-18-20/h15-18H,2-14,19H2,1H3. The SMILES string of the molecule is CCCCCCCCCCCCCCCC(=O)[C]1[CH][CH][CH][CH]1. The number of hydrogen-bond donors (Lipinski definition) is 0. The van der Waals surface area contributed by atoms with E-state index >= 15 is 0 Å². The summed E-state index contributed by atoms with van der Waals surface area (Å²) in [6.07, 6.45) is 26.0. The molecular weight excluding hydrogens is 268 g/mol. The van der Waals surface area contributed by atoms with Gasteiger partial charge in [-0.25, -0.2) is 0 Å². The van der Waals surface area contributed by atoms with Gasteiger partial charge in [0.25, 0.3) is 0 Å². The summed E-state index contributed by atoms with van der Waals surface area (Å²) in [6, 6.07) is 0. The highest BCUT2D eigenvalue weighted by Gasteiger charge is 2.23. The van der Waals surface area contributed by atoms with Crippen LogP contribution in [0.1, 0.15) is 96.8 Å². The monoisotopic (exact) mass is 303 g/mol. The first-order chi connectivity index (χ1) is 10.8. The third-order valence-electron chi connectivity index (χ3n) is 4.49. The zero-order valence-electron chi connectivity index (χ0n) is 14.6. The Morgan fingerprint density at radius 3 is 1.55 bits per heavy atom. The van der Waals surface area contributed by atoms with Crippen LogP contribution in [0.2, 0.25) is 0 Å². The van der Waals surface area contributed by atoms with E-state index in [4.69, 9.17) is 0 Å². The molecule has 1 heteroatoms. The van der Waals surface area contributed by atoms with Crippen molar-refractivity contribution in [2.24, 2.45) is 0 Å². The first-order valence-electron chi connectivity index (χ1n) is 9.59. The summed E-state index contributed by atoms with van der Waals surface area (Å²) in [5.41, 5.74) is 0. The van der Waals surface area contributed by atoms with E-state index in [1.54, 1.807) is 0 Å². The second-order valence-electron chi connectivity index (χ2n) is 6.59. The average Bonchev–Trinajstić information content (AvgIpc) is 3.06. The van der Waals surface area contributed by atoms with Crippen LogP contribution in [0, 0.1) is 31.6 Å². The molecule has 0 atom stereocenters. The molecule has 125 valence electrons. The van der Waals surface area contributed by atoms with Gasteiger partial charge in [0, 0.05) is 12.3 Å². The normalized spacial score (nSPS) is 15.5. The summed E-state index contributed by atoms with van der Waals surface area (Å²) in [4.78, 5) is 11.8. The maximum atomic E-state index is 11.8. The minimum absolute atomic E-state index is 0.313. The second kappa shape index (κ2) is 14.3. The van der Waals surface area contributed by atoms with Gasteiger partial charge in [0.05, 0.1) is 0 Å². The maximum absolute atomic E-state index is 11.8. The molecule has 0 aliphatic heterocycles. The van der Waals surface area contributed by atoms with Crippen molar-refractivity contribution < 1.29 is 4.79 Å². The molecule has 0 bridgehead atoms. The minimum Gasteiger partial charge on any atom is -0.299 e. The van der Waals surface area contributed by atoms with Gasteiger partial charge in [-0.1, -0.05) is 84.0 Å². The van der Waals surface area contributed by atoms with E-state index in [0.29, 0.717) is 5.78 Å². The number of Topliss-reactive ketones (excluding diaryl/α,β-unsaturated/α-hetero) is 1. The molecule has 1 aliphatic carbocycles. The van der Waals surface area contributed by atoms with Crippen molar-refractivity contribution >= 4 is 5.78 Å². The van der Waals surface area contributed by atoms with E-state index < -0.39 is 0 Å². The first kappa shape index (κ1) is 19.7. The average molecular weight is 304 g/mol. The van der Waals surface area contributed by atoms with Crippen LogP contribution in [-0.2, 0) is 4.79 Å². The van der Waals surface area contributed by atoms with Gasteiger partial charge in [-0.15, -0.1) is 0 Å². The largest absolute Gasteiger partial charge is 0.299 e. The Morgan fingerprint density at radius 2 is 1.09 bits per heavy atom. The van der Waals surface area contributed by atoms with Crippen LogP contribution in [0.25, 0.3) is 0 Å². The summed E-state index contributed by atoms with van der Waals surface area (Å²) < 4.78 is 0. The number of hydrogen-bond acceptors (Lipinski definition) is 1. The van der Waals surface area contributed by atoms with Gasteiger partial charge in [0.2, 0.25) is 0 Å². The Hall–Kier alpha value is -0.330. The highest BCUT2D eigenvalue weighted by atomic mass is 16.1. The van der Waals surface area contributed by atoms with E-state index in [-0.39, 0.29) is 0 Å². The first-order valence-corrected chi connectivity index (χ1v) is 9.59. The minimum atomic E-state index is 0.313. The summed E-state index contributed by atoms with van der Waals surface area (Å²) in [6.45, 7) is 2.28. The second-order valence-corrected chi connectivity index (χ2v) is 6.59. The number of rotatable bonds is 15. The van der Waals surface area contributed by atoms with Crippen molar-refractivity contribution in [2.45, 2.75) is 96.8 Å². The lowest BCUT2D eigenvalue weighted by Crippen LogP contribution is -2.08. The van der Waals surface area contributed by atoms with E-state index in [9.17, 15) is 4.79 Å². The molecule has 1 saturated carbocycles. The van der Waals surface area contributed by atoms with Gasteiger partial charge in [-0.3, -0.25) is 4.79 Å². The van der Waals surface area contributed by atoms with E-state index in [1.807, 2.05) is 25.7 Å². The van der Waals surface area contributed by atoms with Crippen LogP contribution in [0.3, 0.4) is 0 Å². The van der Waals surface area contributed by atoms with Crippen molar-refractivity contribution in [2.75, 3.05) is 0 Å². The van der Waals surface area contributed by atoms with Gasteiger partial charge in [-0.05, 0) is 32.1 Å². The summed E-state index contributed by atoms with van der Waals surface area (Å²) in [7, 11) is 0. The van der Waals surface area contributed by atoms with Crippen molar-refractivity contribution in [3.63, 3.8) is 0 Å². The molecule has 0 aromatic heterocycles. The lowest BCUT2D eigenvalue weighted by molar-refractivity contribution is -0.116. The molecule has 1 aliphatic rings. The van der Waals surface area contributed by atoms with Crippen LogP contribution in [0.4, 0.5) is 0 Å². The van der Waals surface area contributed by atoms with Gasteiger partial charge >= 0.3 is 0 Å². The van der Waals surface area contributed by atoms with Crippen LogP contribution >= 0.6 is 0 Å². The molecule has 0 unspecified atom stereocenters. The maximum Gasteiger partial charge on any atom is 0.140 e. The molecule has 5 radical (unpaired) electrons. The molecule has 1 nitrogen and oxygen atoms in total. The highest BCUT2D eigenvalue weighted by Crippen LogP contribution is 2.25. The molecule has 22 heavy (non-hydrogen) atoms. The van der Waals surface area contributed by atoms with E-state index in [1.165, 1.54) is 77.0 Å². The number of ketones is 1. The lowest BCUT2D eigenvalue weighted by Gasteiger charge is -2.06.